The van der Waals surface area contributed by atoms with Crippen LogP contribution in [-0.2, 0) is 4.79 Å². The van der Waals surface area contributed by atoms with Gasteiger partial charge in [0.2, 0.25) is 5.91 Å². The predicted octanol–water partition coefficient (Wildman–Crippen LogP) is 3.26. The molecule has 0 bridgehead atoms. The van der Waals surface area contributed by atoms with Crippen LogP contribution in [0.5, 0.6) is 0 Å². The van der Waals surface area contributed by atoms with Gasteiger partial charge < -0.3 is 9.73 Å². The fourth-order valence-electron chi connectivity index (χ4n) is 2.89. The van der Waals surface area contributed by atoms with Crippen molar-refractivity contribution in [3.63, 3.8) is 0 Å². The highest BCUT2D eigenvalue weighted by Gasteiger charge is 2.26. The lowest BCUT2D eigenvalue weighted by Gasteiger charge is -2.30. The average molecular weight is 335 g/mol. The maximum absolute atomic E-state index is 12.4. The number of nitrogens with zero attached hydrogens (tertiary/aromatic N) is 2. The summed E-state index contributed by atoms with van der Waals surface area (Å²) in [7, 11) is 0. The van der Waals surface area contributed by atoms with E-state index in [0.29, 0.717) is 37.4 Å². The molecule has 0 radical (unpaired) electrons. The Balaban J connectivity index is 1.52. The van der Waals surface area contributed by atoms with Crippen molar-refractivity contribution in [3.8, 4) is 11.3 Å². The molecule has 0 atom stereocenters. The molecule has 1 aliphatic heterocycles. The van der Waals surface area contributed by atoms with Gasteiger partial charge in [-0.25, -0.2) is 13.8 Å². The van der Waals surface area contributed by atoms with Gasteiger partial charge in [0.05, 0.1) is 12.7 Å². The summed E-state index contributed by atoms with van der Waals surface area (Å²) in [6.07, 6.45) is 1.88. The second-order valence-corrected chi connectivity index (χ2v) is 5.90. The number of piperidine rings is 1. The first-order valence-corrected chi connectivity index (χ1v) is 7.92. The van der Waals surface area contributed by atoms with Crippen molar-refractivity contribution < 1.29 is 18.0 Å². The molecule has 1 fully saturated rings. The van der Waals surface area contributed by atoms with Gasteiger partial charge in [0.25, 0.3) is 6.43 Å². The predicted molar refractivity (Wildman–Crippen MR) is 85.7 cm³/mol. The van der Waals surface area contributed by atoms with Gasteiger partial charge in [-0.2, -0.15) is 0 Å². The zero-order valence-corrected chi connectivity index (χ0v) is 13.1. The van der Waals surface area contributed by atoms with E-state index in [-0.39, 0.29) is 18.4 Å². The zero-order valence-electron chi connectivity index (χ0n) is 13.1. The minimum absolute atomic E-state index is 0.0564. The molecule has 7 heteroatoms. The largest absolute Gasteiger partial charge is 0.444 e. The highest BCUT2D eigenvalue weighted by atomic mass is 19.3. The van der Waals surface area contributed by atoms with E-state index in [0.717, 1.165) is 5.56 Å². The lowest BCUT2D eigenvalue weighted by Crippen LogP contribution is -2.40. The third-order valence-corrected chi connectivity index (χ3v) is 4.22. The Labute approximate surface area is 138 Å². The third kappa shape index (κ3) is 4.17. The number of aromatic nitrogens is 1. The standard InChI is InChI=1S/C17H19F2N3O2/c18-16(19)10-22-7-5-13(6-8-22)17(23)21-14-3-1-12(2-4-14)15-9-20-11-24-15/h1-4,9,11,13,16H,5-8,10H2,(H,21,23). The minimum atomic E-state index is -2.32. The van der Waals surface area contributed by atoms with E-state index in [2.05, 4.69) is 10.3 Å². The molecular formula is C17H19F2N3O2. The highest BCUT2D eigenvalue weighted by molar-refractivity contribution is 5.92. The minimum Gasteiger partial charge on any atom is -0.444 e. The van der Waals surface area contributed by atoms with Crippen molar-refractivity contribution in [2.24, 2.45) is 5.92 Å². The fourth-order valence-corrected chi connectivity index (χ4v) is 2.89. The number of hydrogen-bond acceptors (Lipinski definition) is 4. The Morgan fingerprint density at radius 1 is 1.29 bits per heavy atom. The van der Waals surface area contributed by atoms with Crippen LogP contribution in [0.1, 0.15) is 12.8 Å². The van der Waals surface area contributed by atoms with Crippen molar-refractivity contribution in [1.82, 2.24) is 9.88 Å². The summed E-state index contributed by atoms with van der Waals surface area (Å²) in [5.41, 5.74) is 1.59. The summed E-state index contributed by atoms with van der Waals surface area (Å²) in [4.78, 5) is 17.9. The average Bonchev–Trinajstić information content (AvgIpc) is 3.10. The Morgan fingerprint density at radius 3 is 2.58 bits per heavy atom. The number of halogens is 2. The third-order valence-electron chi connectivity index (χ3n) is 4.22. The first kappa shape index (κ1) is 16.6. The molecule has 128 valence electrons. The Morgan fingerprint density at radius 2 is 2.00 bits per heavy atom. The number of nitrogens with one attached hydrogen (secondary N) is 1. The maximum atomic E-state index is 12.4. The second kappa shape index (κ2) is 7.53. The Hall–Kier alpha value is -2.28. The quantitative estimate of drug-likeness (QED) is 0.911. The summed E-state index contributed by atoms with van der Waals surface area (Å²) in [6.45, 7) is 0.858. The van der Waals surface area contributed by atoms with E-state index < -0.39 is 6.43 Å². The number of benzene rings is 1. The molecule has 0 saturated carbocycles. The van der Waals surface area contributed by atoms with E-state index in [1.165, 1.54) is 6.39 Å². The van der Waals surface area contributed by atoms with E-state index in [9.17, 15) is 13.6 Å². The molecule has 1 aromatic carbocycles. The molecule has 1 saturated heterocycles. The number of likely N-dealkylation sites (tertiary alicyclic amines) is 1. The van der Waals surface area contributed by atoms with Crippen LogP contribution in [0, 0.1) is 5.92 Å². The second-order valence-electron chi connectivity index (χ2n) is 5.90. The van der Waals surface area contributed by atoms with E-state index in [4.69, 9.17) is 4.42 Å². The smallest absolute Gasteiger partial charge is 0.251 e. The van der Waals surface area contributed by atoms with Crippen molar-refractivity contribution >= 4 is 11.6 Å². The molecule has 1 aromatic heterocycles. The van der Waals surface area contributed by atoms with Gasteiger partial charge in [-0.3, -0.25) is 9.69 Å². The molecule has 1 N–H and O–H groups in total. The number of rotatable bonds is 5. The van der Waals surface area contributed by atoms with Crippen molar-refractivity contribution in [1.29, 1.82) is 0 Å². The summed E-state index contributed by atoms with van der Waals surface area (Å²) in [6, 6.07) is 7.31. The maximum Gasteiger partial charge on any atom is 0.251 e. The van der Waals surface area contributed by atoms with Gasteiger partial charge in [0.1, 0.15) is 0 Å². The molecule has 3 rings (SSSR count). The van der Waals surface area contributed by atoms with E-state index in [1.807, 2.05) is 24.3 Å². The number of hydrogen-bond donors (Lipinski definition) is 1. The summed E-state index contributed by atoms with van der Waals surface area (Å²) in [5, 5.41) is 2.89. The summed E-state index contributed by atoms with van der Waals surface area (Å²) >= 11 is 0. The van der Waals surface area contributed by atoms with E-state index >= 15 is 0 Å². The molecular weight excluding hydrogens is 316 g/mol. The summed E-state index contributed by atoms with van der Waals surface area (Å²) in [5.74, 6) is 0.478. The Bertz CT molecular complexity index is 651. The molecule has 2 aromatic rings. The monoisotopic (exact) mass is 335 g/mol. The van der Waals surface area contributed by atoms with Crippen LogP contribution in [0.2, 0.25) is 0 Å². The molecule has 0 unspecified atom stereocenters. The molecule has 1 amide bonds. The molecule has 5 nitrogen and oxygen atoms in total. The van der Waals surface area contributed by atoms with Crippen LogP contribution < -0.4 is 5.32 Å². The number of anilines is 1. The number of alkyl halides is 2. The highest BCUT2D eigenvalue weighted by Crippen LogP contribution is 2.23. The molecule has 1 aliphatic rings. The van der Waals surface area contributed by atoms with Crippen LogP contribution in [-0.4, -0.2) is 41.9 Å². The van der Waals surface area contributed by atoms with Gasteiger partial charge in [0.15, 0.2) is 12.2 Å². The van der Waals surface area contributed by atoms with Crippen molar-refractivity contribution in [2.45, 2.75) is 19.3 Å². The number of amides is 1. The lowest BCUT2D eigenvalue weighted by molar-refractivity contribution is -0.121. The fraction of sp³-hybridized carbons (Fsp3) is 0.412. The molecule has 24 heavy (non-hydrogen) atoms. The van der Waals surface area contributed by atoms with Crippen LogP contribution in [0.3, 0.4) is 0 Å². The number of carbonyl (C=O) groups is 1. The lowest BCUT2D eigenvalue weighted by atomic mass is 9.96. The normalized spacial score (nSPS) is 16.5. The van der Waals surface area contributed by atoms with Crippen molar-refractivity contribution in [3.05, 3.63) is 36.9 Å². The SMILES string of the molecule is O=C(Nc1ccc(-c2cnco2)cc1)C1CCN(CC(F)F)CC1. The van der Waals surface area contributed by atoms with Gasteiger partial charge in [-0.15, -0.1) is 0 Å². The molecule has 0 aliphatic carbocycles. The zero-order chi connectivity index (χ0) is 16.9. The number of oxazole rings is 1. The van der Waals surface area contributed by atoms with E-state index in [1.54, 1.807) is 11.1 Å². The molecule has 2 heterocycles. The number of carbonyl (C=O) groups excluding carboxylic acids is 1. The van der Waals surface area contributed by atoms with Crippen LogP contribution in [0.15, 0.2) is 41.3 Å². The van der Waals surface area contributed by atoms with Gasteiger partial charge in [0, 0.05) is 17.2 Å². The van der Waals surface area contributed by atoms with Gasteiger partial charge in [-0.1, -0.05) is 0 Å². The first-order valence-electron chi connectivity index (χ1n) is 7.92. The van der Waals surface area contributed by atoms with Crippen LogP contribution in [0.25, 0.3) is 11.3 Å². The Kier molecular flexibility index (Phi) is 5.20. The van der Waals surface area contributed by atoms with Crippen LogP contribution >= 0.6 is 0 Å². The van der Waals surface area contributed by atoms with Crippen LogP contribution in [0.4, 0.5) is 14.5 Å². The van der Waals surface area contributed by atoms with Crippen molar-refractivity contribution in [2.75, 3.05) is 25.0 Å². The summed E-state index contributed by atoms with van der Waals surface area (Å²) < 4.78 is 29.9. The molecule has 0 spiro atoms. The van der Waals surface area contributed by atoms with Gasteiger partial charge in [-0.05, 0) is 50.2 Å². The van der Waals surface area contributed by atoms with Gasteiger partial charge >= 0.3 is 0 Å². The topological polar surface area (TPSA) is 58.4 Å². The first-order chi connectivity index (χ1) is 11.6.